The molecule has 3 rings (SSSR count). The van der Waals surface area contributed by atoms with E-state index in [1.807, 2.05) is 28.9 Å². The third-order valence-corrected chi connectivity index (χ3v) is 3.00. The van der Waals surface area contributed by atoms with Crippen LogP contribution < -0.4 is 11.1 Å². The highest BCUT2D eigenvalue weighted by atomic mass is 16.1. The summed E-state index contributed by atoms with van der Waals surface area (Å²) >= 11 is 0. The summed E-state index contributed by atoms with van der Waals surface area (Å²) < 4.78 is 1.85. The molecule has 2 aromatic rings. The van der Waals surface area contributed by atoms with Crippen molar-refractivity contribution in [2.45, 2.75) is 18.9 Å². The smallest absolute Gasteiger partial charge is 0.238 e. The van der Waals surface area contributed by atoms with Gasteiger partial charge in [-0.05, 0) is 47.5 Å². The lowest BCUT2D eigenvalue weighted by Crippen LogP contribution is -2.21. The Labute approximate surface area is 109 Å². The van der Waals surface area contributed by atoms with Crippen molar-refractivity contribution >= 4 is 11.6 Å². The Morgan fingerprint density at radius 1 is 1.37 bits per heavy atom. The van der Waals surface area contributed by atoms with Crippen molar-refractivity contribution in [3.8, 4) is 11.4 Å². The number of nitrogens with zero attached hydrogens (tertiary/aromatic N) is 4. The number of anilines is 1. The highest BCUT2D eigenvalue weighted by molar-refractivity contribution is 5.92. The largest absolute Gasteiger partial charge is 0.325 e. The number of hydrogen-bond donors (Lipinski definition) is 2. The van der Waals surface area contributed by atoms with Gasteiger partial charge in [0.15, 0.2) is 5.82 Å². The van der Waals surface area contributed by atoms with Crippen LogP contribution in [-0.4, -0.2) is 32.7 Å². The Balaban J connectivity index is 1.81. The number of tetrazole rings is 1. The molecule has 0 atom stereocenters. The summed E-state index contributed by atoms with van der Waals surface area (Å²) in [5, 5.41) is 14.5. The molecule has 0 radical (unpaired) electrons. The van der Waals surface area contributed by atoms with E-state index in [1.54, 1.807) is 0 Å². The predicted molar refractivity (Wildman–Crippen MR) is 69.2 cm³/mol. The molecule has 0 saturated heterocycles. The van der Waals surface area contributed by atoms with Crippen molar-refractivity contribution in [1.82, 2.24) is 20.2 Å². The number of aromatic nitrogens is 4. The fourth-order valence-corrected chi connectivity index (χ4v) is 1.86. The molecule has 1 fully saturated rings. The van der Waals surface area contributed by atoms with E-state index in [2.05, 4.69) is 20.8 Å². The lowest BCUT2D eigenvalue weighted by molar-refractivity contribution is -0.114. The Bertz CT molecular complexity index is 587. The first kappa shape index (κ1) is 11.8. The number of amides is 1. The lowest BCUT2D eigenvalue weighted by atomic mass is 10.2. The van der Waals surface area contributed by atoms with Gasteiger partial charge in [0.1, 0.15) is 0 Å². The second kappa shape index (κ2) is 4.77. The van der Waals surface area contributed by atoms with Crippen LogP contribution in [0.4, 0.5) is 5.69 Å². The number of nitrogens with two attached hydrogens (primary N) is 1. The molecule has 0 unspecified atom stereocenters. The minimum atomic E-state index is -0.212. The maximum atomic E-state index is 11.2. The molecule has 1 aromatic heterocycles. The fraction of sp³-hybridized carbons (Fsp3) is 0.333. The molecule has 98 valence electrons. The first-order valence-electron chi connectivity index (χ1n) is 6.16. The van der Waals surface area contributed by atoms with E-state index in [0.29, 0.717) is 11.7 Å². The molecule has 1 heterocycles. The van der Waals surface area contributed by atoms with E-state index in [4.69, 9.17) is 5.73 Å². The van der Waals surface area contributed by atoms with Crippen LogP contribution in [0.25, 0.3) is 11.4 Å². The number of carbonyl (C=O) groups excluding carboxylic acids is 1. The monoisotopic (exact) mass is 258 g/mol. The third kappa shape index (κ3) is 2.45. The van der Waals surface area contributed by atoms with Crippen molar-refractivity contribution in [3.05, 3.63) is 24.3 Å². The van der Waals surface area contributed by atoms with Crippen molar-refractivity contribution in [2.75, 3.05) is 11.9 Å². The van der Waals surface area contributed by atoms with Crippen LogP contribution >= 0.6 is 0 Å². The molecule has 0 bridgehead atoms. The summed E-state index contributed by atoms with van der Waals surface area (Å²) in [6.07, 6.45) is 2.26. The molecular formula is C12H14N6O. The molecule has 0 spiro atoms. The van der Waals surface area contributed by atoms with E-state index >= 15 is 0 Å². The normalized spacial score (nSPS) is 14.4. The Morgan fingerprint density at radius 3 is 2.74 bits per heavy atom. The topological polar surface area (TPSA) is 98.7 Å². The van der Waals surface area contributed by atoms with Gasteiger partial charge in [-0.15, -0.1) is 5.10 Å². The van der Waals surface area contributed by atoms with Gasteiger partial charge in [-0.25, -0.2) is 4.68 Å². The lowest BCUT2D eigenvalue weighted by Gasteiger charge is -2.05. The first-order valence-corrected chi connectivity index (χ1v) is 6.16. The van der Waals surface area contributed by atoms with Crippen molar-refractivity contribution in [3.63, 3.8) is 0 Å². The van der Waals surface area contributed by atoms with Crippen molar-refractivity contribution < 1.29 is 4.79 Å². The number of nitrogens with one attached hydrogen (secondary N) is 1. The highest BCUT2D eigenvalue weighted by Gasteiger charge is 2.28. The molecule has 19 heavy (non-hydrogen) atoms. The highest BCUT2D eigenvalue weighted by Crippen LogP contribution is 2.36. The van der Waals surface area contributed by atoms with Gasteiger partial charge >= 0.3 is 0 Å². The summed E-state index contributed by atoms with van der Waals surface area (Å²) in [4.78, 5) is 11.2. The molecule has 1 aliphatic rings. The molecule has 7 nitrogen and oxygen atoms in total. The standard InChI is InChI=1S/C12H14N6O/c13-7-11(19)14-9-3-1-8(2-4-9)12-15-16-17-18(12)10-5-6-10/h1-4,10H,5-7,13H2,(H,14,19). The number of carbonyl (C=O) groups is 1. The van der Waals surface area contributed by atoms with Crippen LogP contribution in [0.1, 0.15) is 18.9 Å². The van der Waals surface area contributed by atoms with E-state index in [0.717, 1.165) is 24.2 Å². The van der Waals surface area contributed by atoms with Gasteiger partial charge < -0.3 is 11.1 Å². The minimum absolute atomic E-state index is 0.0261. The molecule has 1 aliphatic carbocycles. The van der Waals surface area contributed by atoms with E-state index < -0.39 is 0 Å². The molecule has 1 amide bonds. The van der Waals surface area contributed by atoms with Crippen LogP contribution in [-0.2, 0) is 4.79 Å². The van der Waals surface area contributed by atoms with Crippen LogP contribution in [0.3, 0.4) is 0 Å². The van der Waals surface area contributed by atoms with Crippen LogP contribution in [0, 0.1) is 0 Å². The van der Waals surface area contributed by atoms with Crippen LogP contribution in [0.5, 0.6) is 0 Å². The van der Waals surface area contributed by atoms with Gasteiger partial charge in [0.25, 0.3) is 0 Å². The van der Waals surface area contributed by atoms with E-state index in [1.165, 1.54) is 0 Å². The van der Waals surface area contributed by atoms with Crippen molar-refractivity contribution in [1.29, 1.82) is 0 Å². The average Bonchev–Trinajstić information content (AvgIpc) is 3.17. The second-order valence-electron chi connectivity index (χ2n) is 4.51. The Hall–Kier alpha value is -2.28. The zero-order valence-electron chi connectivity index (χ0n) is 10.3. The minimum Gasteiger partial charge on any atom is -0.325 e. The van der Waals surface area contributed by atoms with Crippen LogP contribution in [0.15, 0.2) is 24.3 Å². The maximum Gasteiger partial charge on any atom is 0.238 e. The third-order valence-electron chi connectivity index (χ3n) is 3.00. The Morgan fingerprint density at radius 2 is 2.11 bits per heavy atom. The summed E-state index contributed by atoms with van der Waals surface area (Å²) in [5.41, 5.74) is 6.89. The number of benzene rings is 1. The summed E-state index contributed by atoms with van der Waals surface area (Å²) in [7, 11) is 0. The zero-order valence-corrected chi connectivity index (χ0v) is 10.3. The SMILES string of the molecule is NCC(=O)Nc1ccc(-c2nnnn2C2CC2)cc1. The quantitative estimate of drug-likeness (QED) is 0.835. The van der Waals surface area contributed by atoms with Gasteiger partial charge in [-0.3, -0.25) is 4.79 Å². The molecule has 3 N–H and O–H groups in total. The molecule has 1 aromatic carbocycles. The molecule has 1 saturated carbocycles. The Kier molecular flexibility index (Phi) is 2.96. The summed E-state index contributed by atoms with van der Waals surface area (Å²) in [5.74, 6) is 0.551. The maximum absolute atomic E-state index is 11.2. The van der Waals surface area contributed by atoms with E-state index in [-0.39, 0.29) is 12.5 Å². The summed E-state index contributed by atoms with van der Waals surface area (Å²) in [6.45, 7) is -0.0261. The van der Waals surface area contributed by atoms with Gasteiger partial charge in [0, 0.05) is 11.3 Å². The first-order chi connectivity index (χ1) is 9.28. The number of hydrogen-bond acceptors (Lipinski definition) is 5. The van der Waals surface area contributed by atoms with Crippen LogP contribution in [0.2, 0.25) is 0 Å². The zero-order chi connectivity index (χ0) is 13.2. The number of rotatable bonds is 4. The van der Waals surface area contributed by atoms with Gasteiger partial charge in [-0.2, -0.15) is 0 Å². The van der Waals surface area contributed by atoms with Gasteiger partial charge in [0.2, 0.25) is 5.91 Å². The molecular weight excluding hydrogens is 244 g/mol. The fourth-order valence-electron chi connectivity index (χ4n) is 1.86. The van der Waals surface area contributed by atoms with E-state index in [9.17, 15) is 4.79 Å². The van der Waals surface area contributed by atoms with Gasteiger partial charge in [0.05, 0.1) is 12.6 Å². The predicted octanol–water partition coefficient (Wildman–Crippen LogP) is 0.572. The summed E-state index contributed by atoms with van der Waals surface area (Å²) in [6, 6.07) is 7.83. The van der Waals surface area contributed by atoms with Crippen molar-refractivity contribution in [2.24, 2.45) is 5.73 Å². The average molecular weight is 258 g/mol. The second-order valence-corrected chi connectivity index (χ2v) is 4.51. The molecule has 7 heteroatoms. The molecule has 0 aliphatic heterocycles. The van der Waals surface area contributed by atoms with Gasteiger partial charge in [-0.1, -0.05) is 0 Å².